The molecule has 1 heterocycles. The van der Waals surface area contributed by atoms with Gasteiger partial charge in [-0.15, -0.1) is 0 Å². The standard InChI is InChI=1S/C24H38O2/c1-2-3-4-5-6-7-8-9-10-11-12-13-14-15-22-16-18-23(19-17-22)25-20-24-21-26-24/h9-10,16-19,24H,2-8,11-15,20-21H2,1H3/b10-9+. The fraction of sp³-hybridized carbons (Fsp3) is 0.667. The second-order valence-electron chi connectivity index (χ2n) is 7.54. The van der Waals surface area contributed by atoms with Crippen LogP contribution in [-0.4, -0.2) is 19.3 Å². The van der Waals surface area contributed by atoms with Gasteiger partial charge in [0.25, 0.3) is 0 Å². The van der Waals surface area contributed by atoms with E-state index in [1.54, 1.807) is 0 Å². The molecule has 1 atom stereocenters. The van der Waals surface area contributed by atoms with Gasteiger partial charge >= 0.3 is 0 Å². The summed E-state index contributed by atoms with van der Waals surface area (Å²) in [5, 5.41) is 0. The number of epoxide rings is 1. The quantitative estimate of drug-likeness (QED) is 0.183. The van der Waals surface area contributed by atoms with Crippen molar-refractivity contribution in [2.75, 3.05) is 13.2 Å². The Morgan fingerprint density at radius 3 is 2.15 bits per heavy atom. The molecule has 0 aliphatic carbocycles. The van der Waals surface area contributed by atoms with Gasteiger partial charge in [-0.05, 0) is 56.2 Å². The molecule has 0 radical (unpaired) electrons. The minimum Gasteiger partial charge on any atom is -0.491 e. The number of hydrogen-bond acceptors (Lipinski definition) is 2. The Hall–Kier alpha value is -1.28. The summed E-state index contributed by atoms with van der Waals surface area (Å²) in [5.41, 5.74) is 1.42. The predicted molar refractivity (Wildman–Crippen MR) is 111 cm³/mol. The lowest BCUT2D eigenvalue weighted by molar-refractivity contribution is 0.263. The van der Waals surface area contributed by atoms with Gasteiger partial charge in [-0.1, -0.05) is 69.7 Å². The minimum atomic E-state index is 0.328. The molecule has 0 N–H and O–H groups in total. The Labute approximate surface area is 161 Å². The number of allylic oxidation sites excluding steroid dienone is 2. The fourth-order valence-electron chi connectivity index (χ4n) is 3.15. The Bertz CT molecular complexity index is 473. The zero-order valence-corrected chi connectivity index (χ0v) is 16.8. The SMILES string of the molecule is CCCCCCCC/C=C/CCCCCc1ccc(OCC2CO2)cc1. The van der Waals surface area contributed by atoms with E-state index in [2.05, 4.69) is 43.3 Å². The van der Waals surface area contributed by atoms with Gasteiger partial charge in [-0.25, -0.2) is 0 Å². The van der Waals surface area contributed by atoms with Crippen molar-refractivity contribution in [3.63, 3.8) is 0 Å². The maximum absolute atomic E-state index is 5.67. The number of unbranched alkanes of at least 4 members (excludes halogenated alkanes) is 9. The molecule has 0 amide bonds. The van der Waals surface area contributed by atoms with Crippen LogP contribution in [-0.2, 0) is 11.2 Å². The smallest absolute Gasteiger partial charge is 0.119 e. The summed E-state index contributed by atoms with van der Waals surface area (Å²) in [7, 11) is 0. The van der Waals surface area contributed by atoms with Crippen LogP contribution in [0.4, 0.5) is 0 Å². The summed E-state index contributed by atoms with van der Waals surface area (Å²) >= 11 is 0. The number of rotatable bonds is 16. The van der Waals surface area contributed by atoms with Crippen molar-refractivity contribution in [1.82, 2.24) is 0 Å². The predicted octanol–water partition coefficient (Wildman–Crippen LogP) is 6.87. The van der Waals surface area contributed by atoms with E-state index in [9.17, 15) is 0 Å². The van der Waals surface area contributed by atoms with Gasteiger partial charge < -0.3 is 9.47 Å². The summed E-state index contributed by atoms with van der Waals surface area (Å²) < 4.78 is 10.8. The third kappa shape index (κ3) is 10.7. The highest BCUT2D eigenvalue weighted by Gasteiger charge is 2.22. The van der Waals surface area contributed by atoms with Crippen LogP contribution in [0.5, 0.6) is 5.75 Å². The van der Waals surface area contributed by atoms with Crippen LogP contribution in [0.25, 0.3) is 0 Å². The summed E-state index contributed by atoms with van der Waals surface area (Å²) in [6, 6.07) is 8.57. The molecule has 26 heavy (non-hydrogen) atoms. The molecule has 1 aromatic carbocycles. The maximum atomic E-state index is 5.67. The van der Waals surface area contributed by atoms with Crippen LogP contribution < -0.4 is 4.74 Å². The van der Waals surface area contributed by atoms with Crippen LogP contribution in [0.1, 0.15) is 83.1 Å². The van der Waals surface area contributed by atoms with Crippen molar-refractivity contribution in [2.45, 2.75) is 90.1 Å². The number of ether oxygens (including phenoxy) is 2. The molecule has 2 nitrogen and oxygen atoms in total. The highest BCUT2D eigenvalue weighted by atomic mass is 16.6. The monoisotopic (exact) mass is 358 g/mol. The van der Waals surface area contributed by atoms with Gasteiger partial charge in [-0.3, -0.25) is 0 Å². The van der Waals surface area contributed by atoms with E-state index in [0.29, 0.717) is 12.7 Å². The molecule has 1 aromatic rings. The van der Waals surface area contributed by atoms with E-state index in [4.69, 9.17) is 9.47 Å². The molecule has 0 bridgehead atoms. The van der Waals surface area contributed by atoms with E-state index in [1.807, 2.05) is 0 Å². The van der Waals surface area contributed by atoms with Crippen LogP contribution >= 0.6 is 0 Å². The van der Waals surface area contributed by atoms with Crippen LogP contribution in [0.15, 0.2) is 36.4 Å². The Kier molecular flexibility index (Phi) is 11.2. The van der Waals surface area contributed by atoms with Crippen molar-refractivity contribution < 1.29 is 9.47 Å². The van der Waals surface area contributed by atoms with Gasteiger partial charge in [0, 0.05) is 0 Å². The first-order valence-electron chi connectivity index (χ1n) is 10.9. The van der Waals surface area contributed by atoms with Crippen LogP contribution in [0.3, 0.4) is 0 Å². The molecule has 1 saturated heterocycles. The van der Waals surface area contributed by atoms with E-state index in [0.717, 1.165) is 12.4 Å². The molecule has 0 spiro atoms. The number of hydrogen-bond donors (Lipinski definition) is 0. The lowest BCUT2D eigenvalue weighted by atomic mass is 10.1. The average Bonchev–Trinajstić information content (AvgIpc) is 3.49. The highest BCUT2D eigenvalue weighted by Crippen LogP contribution is 2.17. The molecule has 2 heteroatoms. The minimum absolute atomic E-state index is 0.328. The molecule has 1 fully saturated rings. The summed E-state index contributed by atoms with van der Waals surface area (Å²) in [6.45, 7) is 3.82. The Morgan fingerprint density at radius 2 is 1.50 bits per heavy atom. The third-order valence-corrected chi connectivity index (χ3v) is 4.99. The second kappa shape index (κ2) is 13.9. The van der Waals surface area contributed by atoms with E-state index in [-0.39, 0.29) is 0 Å². The lowest BCUT2D eigenvalue weighted by Gasteiger charge is -2.06. The van der Waals surface area contributed by atoms with E-state index < -0.39 is 0 Å². The maximum Gasteiger partial charge on any atom is 0.119 e. The first kappa shape index (κ1) is 21.0. The molecule has 1 aliphatic rings. The number of aryl methyl sites for hydroxylation is 1. The number of benzene rings is 1. The normalized spacial score (nSPS) is 16.3. The van der Waals surface area contributed by atoms with Gasteiger partial charge in [0.1, 0.15) is 18.5 Å². The molecule has 0 aromatic heterocycles. The molecule has 0 saturated carbocycles. The van der Waals surface area contributed by atoms with E-state index >= 15 is 0 Å². The van der Waals surface area contributed by atoms with Crippen molar-refractivity contribution >= 4 is 0 Å². The second-order valence-corrected chi connectivity index (χ2v) is 7.54. The van der Waals surface area contributed by atoms with Gasteiger partial charge in [0.2, 0.25) is 0 Å². The molecule has 146 valence electrons. The first-order valence-corrected chi connectivity index (χ1v) is 10.9. The average molecular weight is 359 g/mol. The largest absolute Gasteiger partial charge is 0.491 e. The van der Waals surface area contributed by atoms with Crippen molar-refractivity contribution in [3.8, 4) is 5.75 Å². The lowest BCUT2D eigenvalue weighted by Crippen LogP contribution is -2.03. The van der Waals surface area contributed by atoms with Crippen molar-refractivity contribution in [1.29, 1.82) is 0 Å². The highest BCUT2D eigenvalue weighted by molar-refractivity contribution is 5.27. The molecule has 1 unspecified atom stereocenters. The van der Waals surface area contributed by atoms with Gasteiger partial charge in [0.15, 0.2) is 0 Å². The Balaban J connectivity index is 1.39. The molecular formula is C24H38O2. The zero-order chi connectivity index (χ0) is 18.3. The molecule has 1 aliphatic heterocycles. The summed E-state index contributed by atoms with van der Waals surface area (Å²) in [4.78, 5) is 0. The van der Waals surface area contributed by atoms with Crippen LogP contribution in [0.2, 0.25) is 0 Å². The van der Waals surface area contributed by atoms with Crippen molar-refractivity contribution in [2.24, 2.45) is 0 Å². The van der Waals surface area contributed by atoms with Crippen molar-refractivity contribution in [3.05, 3.63) is 42.0 Å². The molecule has 2 rings (SSSR count). The van der Waals surface area contributed by atoms with E-state index in [1.165, 1.54) is 82.6 Å². The molecular weight excluding hydrogens is 320 g/mol. The topological polar surface area (TPSA) is 21.8 Å². The van der Waals surface area contributed by atoms with Crippen LogP contribution in [0, 0.1) is 0 Å². The van der Waals surface area contributed by atoms with Gasteiger partial charge in [-0.2, -0.15) is 0 Å². The third-order valence-electron chi connectivity index (χ3n) is 4.99. The van der Waals surface area contributed by atoms with Gasteiger partial charge in [0.05, 0.1) is 6.61 Å². The first-order chi connectivity index (χ1) is 12.9. The zero-order valence-electron chi connectivity index (χ0n) is 16.8. The summed E-state index contributed by atoms with van der Waals surface area (Å²) in [5.74, 6) is 0.958. The Morgan fingerprint density at radius 1 is 0.885 bits per heavy atom. The fourth-order valence-corrected chi connectivity index (χ4v) is 3.15. The summed E-state index contributed by atoms with van der Waals surface area (Å²) in [6.07, 6.45) is 21.1.